The van der Waals surface area contributed by atoms with Crippen molar-refractivity contribution in [3.05, 3.63) is 129 Å². The molecule has 5 nitrogen and oxygen atoms in total. The predicted octanol–water partition coefficient (Wildman–Crippen LogP) is 9.18. The predicted molar refractivity (Wildman–Crippen MR) is 178 cm³/mol. The average Bonchev–Trinajstić information content (AvgIpc) is 3.25. The highest BCUT2D eigenvalue weighted by atomic mass is 79.9. The number of hydrogen-bond donors (Lipinski definition) is 1. The van der Waals surface area contributed by atoms with Crippen molar-refractivity contribution in [2.45, 2.75) is 53.1 Å². The lowest BCUT2D eigenvalue weighted by Gasteiger charge is -2.15. The highest BCUT2D eigenvalue weighted by molar-refractivity contribution is 9.10. The Morgan fingerprint density at radius 1 is 0.930 bits per heavy atom. The van der Waals surface area contributed by atoms with Crippen LogP contribution in [0.3, 0.4) is 0 Å². The smallest absolute Gasteiger partial charge is 0.338 e. The number of carbonyl (C=O) groups is 2. The number of benzene rings is 4. The van der Waals surface area contributed by atoms with Crippen molar-refractivity contribution in [1.29, 1.82) is 0 Å². The maximum atomic E-state index is 13.2. The number of unbranched alkanes of at least 4 members (excludes halogenated alkanes) is 1. The molecule has 1 heterocycles. The van der Waals surface area contributed by atoms with Crippen LogP contribution in [0.15, 0.2) is 95.5 Å². The molecule has 0 fully saturated rings. The van der Waals surface area contributed by atoms with Gasteiger partial charge in [0.1, 0.15) is 0 Å². The zero-order valence-corrected chi connectivity index (χ0v) is 26.7. The van der Waals surface area contributed by atoms with E-state index < -0.39 is 0 Å². The van der Waals surface area contributed by atoms with Crippen LogP contribution >= 0.6 is 15.9 Å². The number of nitrogens with one attached hydrogen (secondary N) is 1. The van der Waals surface area contributed by atoms with E-state index in [2.05, 4.69) is 70.9 Å². The van der Waals surface area contributed by atoms with Crippen molar-refractivity contribution in [3.8, 4) is 11.1 Å². The van der Waals surface area contributed by atoms with E-state index in [1.807, 2.05) is 73.7 Å². The van der Waals surface area contributed by atoms with Gasteiger partial charge in [0.05, 0.1) is 18.2 Å². The Morgan fingerprint density at radius 3 is 2.44 bits per heavy atom. The summed E-state index contributed by atoms with van der Waals surface area (Å²) in [5.41, 5.74) is 8.69. The molecule has 0 aliphatic carbocycles. The molecule has 5 rings (SSSR count). The van der Waals surface area contributed by atoms with Gasteiger partial charge in [-0.05, 0) is 91.4 Å². The number of aryl methyl sites for hydroxylation is 1. The summed E-state index contributed by atoms with van der Waals surface area (Å²) >= 11 is 3.51. The molecule has 5 aromatic rings. The minimum atomic E-state index is -0.284. The lowest BCUT2D eigenvalue weighted by atomic mass is 9.98. The van der Waals surface area contributed by atoms with Gasteiger partial charge in [-0.15, -0.1) is 0 Å². The number of carbonyl (C=O) groups excluding carboxylic acids is 2. The molecule has 0 unspecified atom stereocenters. The molecule has 0 aliphatic rings. The Labute approximate surface area is 262 Å². The molecule has 1 N–H and O–H groups in total. The van der Waals surface area contributed by atoms with Crippen molar-refractivity contribution < 1.29 is 14.3 Å². The number of aromatic nitrogens is 1. The topological polar surface area (TPSA) is 60.3 Å². The summed E-state index contributed by atoms with van der Waals surface area (Å²) in [5.74, 6) is -0.377. The normalized spacial score (nSPS) is 11.8. The maximum absolute atomic E-state index is 13.2. The molecule has 4 aromatic carbocycles. The Morgan fingerprint density at radius 2 is 1.70 bits per heavy atom. The number of esters is 1. The molecule has 6 heteroatoms. The summed E-state index contributed by atoms with van der Waals surface area (Å²) in [6.07, 6.45) is 1.84. The molecule has 0 radical (unpaired) electrons. The lowest BCUT2D eigenvalue weighted by molar-refractivity contribution is 0.0500. The van der Waals surface area contributed by atoms with Gasteiger partial charge >= 0.3 is 5.97 Å². The molecule has 0 bridgehead atoms. The SMILES string of the molecule is CCCCOC(=O)c1ccccc1-c1ccc(Cn2c(C)c(C)c3cc(C(=O)N[C@@H](C)c4cccc(Br)c4)ccc32)cc1. The first kappa shape index (κ1) is 30.3. The van der Waals surface area contributed by atoms with Crippen LogP contribution in [0.4, 0.5) is 0 Å². The Bertz CT molecular complexity index is 1770. The summed E-state index contributed by atoms with van der Waals surface area (Å²) in [6, 6.07) is 29.8. The fourth-order valence-corrected chi connectivity index (χ4v) is 5.82. The summed E-state index contributed by atoms with van der Waals surface area (Å²) in [4.78, 5) is 25.9. The van der Waals surface area contributed by atoms with Crippen LogP contribution in [0, 0.1) is 13.8 Å². The van der Waals surface area contributed by atoms with E-state index in [9.17, 15) is 9.59 Å². The Hall–Kier alpha value is -4.16. The van der Waals surface area contributed by atoms with E-state index in [1.54, 1.807) is 0 Å². The van der Waals surface area contributed by atoms with E-state index in [0.717, 1.165) is 56.0 Å². The minimum Gasteiger partial charge on any atom is -0.462 e. The Kier molecular flexibility index (Phi) is 9.46. The van der Waals surface area contributed by atoms with Crippen LogP contribution in [0.1, 0.15) is 75.8 Å². The second-order valence-corrected chi connectivity index (χ2v) is 11.9. The van der Waals surface area contributed by atoms with Gasteiger partial charge in [-0.2, -0.15) is 0 Å². The molecule has 0 saturated heterocycles. The molecule has 1 amide bonds. The highest BCUT2D eigenvalue weighted by Crippen LogP contribution is 2.29. The van der Waals surface area contributed by atoms with Gasteiger partial charge in [-0.25, -0.2) is 4.79 Å². The van der Waals surface area contributed by atoms with Crippen LogP contribution in [-0.4, -0.2) is 23.1 Å². The van der Waals surface area contributed by atoms with Crippen molar-refractivity contribution in [2.24, 2.45) is 0 Å². The van der Waals surface area contributed by atoms with Crippen LogP contribution in [0.5, 0.6) is 0 Å². The van der Waals surface area contributed by atoms with Crippen LogP contribution in [0.25, 0.3) is 22.0 Å². The largest absolute Gasteiger partial charge is 0.462 e. The third-order valence-corrected chi connectivity index (χ3v) is 8.57. The van der Waals surface area contributed by atoms with E-state index in [-0.39, 0.29) is 17.9 Å². The van der Waals surface area contributed by atoms with Gasteiger partial charge in [-0.3, -0.25) is 4.79 Å². The number of ether oxygens (including phenoxy) is 1. The standard InChI is InChI=1S/C37H37BrN2O3/c1-5-6-20-43-37(42)33-13-8-7-12-32(33)28-16-14-27(15-17-28)23-40-26(4)24(2)34-22-30(18-19-35(34)40)36(41)39-25(3)29-10-9-11-31(38)21-29/h7-19,21-22,25H,5-6,20,23H2,1-4H3,(H,39,41)/t25-/m0/s1. The Balaban J connectivity index is 1.35. The number of halogens is 1. The average molecular weight is 638 g/mol. The summed E-state index contributed by atoms with van der Waals surface area (Å²) in [7, 11) is 0. The fraction of sp³-hybridized carbons (Fsp3) is 0.243. The molecular formula is C37H37BrN2O3. The fourth-order valence-electron chi connectivity index (χ4n) is 5.41. The zero-order chi connectivity index (χ0) is 30.5. The number of rotatable bonds is 10. The maximum Gasteiger partial charge on any atom is 0.338 e. The lowest BCUT2D eigenvalue weighted by Crippen LogP contribution is -2.26. The van der Waals surface area contributed by atoms with Crippen molar-refractivity contribution in [1.82, 2.24) is 9.88 Å². The van der Waals surface area contributed by atoms with E-state index in [1.165, 1.54) is 5.69 Å². The van der Waals surface area contributed by atoms with Crippen molar-refractivity contribution >= 4 is 38.7 Å². The van der Waals surface area contributed by atoms with Crippen LogP contribution in [0.2, 0.25) is 0 Å². The quantitative estimate of drug-likeness (QED) is 0.123. The molecule has 43 heavy (non-hydrogen) atoms. The second kappa shape index (κ2) is 13.4. The molecule has 1 aromatic heterocycles. The third kappa shape index (κ3) is 6.75. The molecular weight excluding hydrogens is 600 g/mol. The van der Waals surface area contributed by atoms with Gasteiger partial charge in [0.15, 0.2) is 0 Å². The first-order chi connectivity index (χ1) is 20.8. The van der Waals surface area contributed by atoms with Crippen molar-refractivity contribution in [2.75, 3.05) is 6.61 Å². The summed E-state index contributed by atoms with van der Waals surface area (Å²) in [6.45, 7) is 9.43. The van der Waals surface area contributed by atoms with Gasteiger partial charge in [0.25, 0.3) is 5.91 Å². The van der Waals surface area contributed by atoms with Gasteiger partial charge in [-0.1, -0.05) is 83.9 Å². The summed E-state index contributed by atoms with van der Waals surface area (Å²) < 4.78 is 8.77. The molecule has 1 atom stereocenters. The van der Waals surface area contributed by atoms with E-state index in [4.69, 9.17) is 4.74 Å². The van der Waals surface area contributed by atoms with E-state index in [0.29, 0.717) is 24.3 Å². The molecule has 0 spiro atoms. The number of nitrogens with zero attached hydrogens (tertiary/aromatic N) is 1. The minimum absolute atomic E-state index is 0.0932. The number of hydrogen-bond acceptors (Lipinski definition) is 3. The van der Waals surface area contributed by atoms with Gasteiger partial charge < -0.3 is 14.6 Å². The zero-order valence-electron chi connectivity index (χ0n) is 25.1. The number of amides is 1. The number of fused-ring (bicyclic) bond motifs is 1. The van der Waals surface area contributed by atoms with Gasteiger partial charge in [0.2, 0.25) is 0 Å². The van der Waals surface area contributed by atoms with Gasteiger partial charge in [0, 0.05) is 33.2 Å². The monoisotopic (exact) mass is 636 g/mol. The summed E-state index contributed by atoms with van der Waals surface area (Å²) in [5, 5.41) is 4.21. The van der Waals surface area contributed by atoms with Crippen molar-refractivity contribution in [3.63, 3.8) is 0 Å². The van der Waals surface area contributed by atoms with Crippen LogP contribution < -0.4 is 5.32 Å². The third-order valence-electron chi connectivity index (χ3n) is 8.08. The molecule has 220 valence electrons. The molecule has 0 saturated carbocycles. The first-order valence-corrected chi connectivity index (χ1v) is 15.6. The molecule has 0 aliphatic heterocycles. The van der Waals surface area contributed by atoms with E-state index >= 15 is 0 Å². The van der Waals surface area contributed by atoms with Crippen LogP contribution in [-0.2, 0) is 11.3 Å². The highest BCUT2D eigenvalue weighted by Gasteiger charge is 2.17. The first-order valence-electron chi connectivity index (χ1n) is 14.8. The second-order valence-electron chi connectivity index (χ2n) is 11.0.